The van der Waals surface area contributed by atoms with Gasteiger partial charge in [-0.05, 0) is 63.4 Å². The van der Waals surface area contributed by atoms with Crippen molar-refractivity contribution in [1.29, 1.82) is 0 Å². The molecule has 4 aromatic rings. The van der Waals surface area contributed by atoms with Gasteiger partial charge in [-0.2, -0.15) is 9.78 Å². The number of aryl methyl sites for hydroxylation is 1. The minimum absolute atomic E-state index is 0.167. The van der Waals surface area contributed by atoms with Crippen molar-refractivity contribution in [1.82, 2.24) is 20.1 Å². The average molecular weight is 537 g/mol. The molecular weight excluding hydrogens is 508 g/mol. The van der Waals surface area contributed by atoms with Crippen LogP contribution in [0.4, 0.5) is 9.59 Å². The summed E-state index contributed by atoms with van der Waals surface area (Å²) in [6.45, 7) is 7.33. The molecule has 0 spiro atoms. The number of amides is 1. The van der Waals surface area contributed by atoms with E-state index >= 15 is 0 Å². The first kappa shape index (κ1) is 26.9. The fourth-order valence-electron chi connectivity index (χ4n) is 4.01. The molecule has 2 aromatic heterocycles. The molecule has 0 unspecified atom stereocenters. The van der Waals surface area contributed by atoms with Crippen molar-refractivity contribution >= 4 is 34.7 Å². The standard InChI is InChI=1S/C28H29ClN4O5/c1-17-22-13-19(10-11-24(22)33(32-17)27(35)36)23-14-21(15-30-25(23)29)37-16-20(12-18-8-6-5-7-9-18)31-26(34)38-28(2,3)4/h5-11,13-15,20H,12,16H2,1-4H3,(H,31,34)(H,35,36)/t20-/m0/s1. The van der Waals surface area contributed by atoms with E-state index in [1.165, 1.54) is 6.20 Å². The number of halogens is 1. The van der Waals surface area contributed by atoms with Crippen LogP contribution in [-0.4, -0.2) is 50.3 Å². The van der Waals surface area contributed by atoms with Gasteiger partial charge in [0.25, 0.3) is 0 Å². The number of nitrogens with zero attached hydrogens (tertiary/aromatic N) is 3. The third-order valence-electron chi connectivity index (χ3n) is 5.67. The molecule has 2 N–H and O–H groups in total. The summed E-state index contributed by atoms with van der Waals surface area (Å²) in [6.07, 6.45) is 0.376. The number of pyridine rings is 1. The first-order valence-electron chi connectivity index (χ1n) is 12.0. The highest BCUT2D eigenvalue weighted by Gasteiger charge is 2.21. The van der Waals surface area contributed by atoms with Crippen LogP contribution >= 0.6 is 11.6 Å². The molecule has 0 radical (unpaired) electrons. The predicted octanol–water partition coefficient (Wildman–Crippen LogP) is 6.10. The summed E-state index contributed by atoms with van der Waals surface area (Å²) in [7, 11) is 0. The molecule has 4 rings (SSSR count). The topological polar surface area (TPSA) is 116 Å². The summed E-state index contributed by atoms with van der Waals surface area (Å²) < 4.78 is 12.4. The Kier molecular flexibility index (Phi) is 7.87. The Morgan fingerprint density at radius 2 is 1.87 bits per heavy atom. The molecule has 0 saturated heterocycles. The zero-order valence-corrected chi connectivity index (χ0v) is 22.3. The summed E-state index contributed by atoms with van der Waals surface area (Å²) in [5, 5.41) is 17.3. The highest BCUT2D eigenvalue weighted by molar-refractivity contribution is 6.32. The summed E-state index contributed by atoms with van der Waals surface area (Å²) in [4.78, 5) is 28.2. The Labute approximate surface area is 225 Å². The summed E-state index contributed by atoms with van der Waals surface area (Å²) in [6, 6.07) is 16.4. The van der Waals surface area contributed by atoms with Gasteiger partial charge in [0, 0.05) is 10.9 Å². The lowest BCUT2D eigenvalue weighted by Crippen LogP contribution is -2.43. The van der Waals surface area contributed by atoms with Crippen molar-refractivity contribution in [2.45, 2.75) is 45.8 Å². The lowest BCUT2D eigenvalue weighted by atomic mass is 10.0. The van der Waals surface area contributed by atoms with Gasteiger partial charge >= 0.3 is 12.2 Å². The molecule has 0 fully saturated rings. The van der Waals surface area contributed by atoms with Gasteiger partial charge in [0.1, 0.15) is 23.1 Å². The first-order valence-corrected chi connectivity index (χ1v) is 12.4. The smallest absolute Gasteiger partial charge is 0.432 e. The lowest BCUT2D eigenvalue weighted by molar-refractivity contribution is 0.0487. The summed E-state index contributed by atoms with van der Waals surface area (Å²) >= 11 is 6.42. The summed E-state index contributed by atoms with van der Waals surface area (Å²) in [5.41, 5.74) is 2.83. The van der Waals surface area contributed by atoms with Crippen molar-refractivity contribution in [2.75, 3.05) is 6.61 Å². The Hall–Kier alpha value is -4.11. The van der Waals surface area contributed by atoms with E-state index in [0.29, 0.717) is 34.3 Å². The quantitative estimate of drug-likeness (QED) is 0.274. The van der Waals surface area contributed by atoms with Gasteiger partial charge in [0.05, 0.1) is 23.4 Å². The van der Waals surface area contributed by atoms with Crippen LogP contribution in [0, 0.1) is 6.92 Å². The fourth-order valence-corrected chi connectivity index (χ4v) is 4.23. The lowest BCUT2D eigenvalue weighted by Gasteiger charge is -2.24. The van der Waals surface area contributed by atoms with Crippen LogP contribution in [0.5, 0.6) is 5.75 Å². The highest BCUT2D eigenvalue weighted by atomic mass is 35.5. The van der Waals surface area contributed by atoms with Crippen molar-refractivity contribution in [3.05, 3.63) is 77.2 Å². The van der Waals surface area contributed by atoms with Crippen LogP contribution in [0.1, 0.15) is 32.0 Å². The Morgan fingerprint density at radius 1 is 1.13 bits per heavy atom. The molecule has 1 atom stereocenters. The normalized spacial score (nSPS) is 12.2. The second-order valence-corrected chi connectivity index (χ2v) is 10.2. The molecule has 2 heterocycles. The number of fused-ring (bicyclic) bond motifs is 1. The van der Waals surface area contributed by atoms with Crippen LogP contribution in [0.15, 0.2) is 60.8 Å². The van der Waals surface area contributed by atoms with Crippen LogP contribution in [0.3, 0.4) is 0 Å². The Bertz CT molecular complexity index is 1460. The maximum absolute atomic E-state index is 12.5. The third-order valence-corrected chi connectivity index (χ3v) is 5.97. The number of aromatic nitrogens is 3. The molecule has 198 valence electrons. The second kappa shape index (κ2) is 11.1. The van der Waals surface area contributed by atoms with Crippen LogP contribution < -0.4 is 10.1 Å². The van der Waals surface area contributed by atoms with Gasteiger partial charge in [-0.3, -0.25) is 0 Å². The number of nitrogens with one attached hydrogen (secondary N) is 1. The zero-order valence-electron chi connectivity index (χ0n) is 21.6. The molecular formula is C28H29ClN4O5. The number of benzene rings is 2. The number of carbonyl (C=O) groups excluding carboxylic acids is 1. The van der Waals surface area contributed by atoms with E-state index in [1.54, 1.807) is 25.1 Å². The number of ether oxygens (including phenoxy) is 2. The predicted molar refractivity (Wildman–Crippen MR) is 145 cm³/mol. The number of hydrogen-bond donors (Lipinski definition) is 2. The van der Waals surface area contributed by atoms with Crippen molar-refractivity contribution in [3.63, 3.8) is 0 Å². The average Bonchev–Trinajstić information content (AvgIpc) is 3.19. The molecule has 9 nitrogen and oxygen atoms in total. The van der Waals surface area contributed by atoms with Gasteiger partial charge in [-0.15, -0.1) is 0 Å². The number of rotatable bonds is 7. The largest absolute Gasteiger partial charge is 0.490 e. The number of hydrogen-bond acceptors (Lipinski definition) is 6. The van der Waals surface area contributed by atoms with Gasteiger partial charge in [0.2, 0.25) is 0 Å². The molecule has 0 saturated carbocycles. The van der Waals surface area contributed by atoms with E-state index in [2.05, 4.69) is 15.4 Å². The monoisotopic (exact) mass is 536 g/mol. The van der Waals surface area contributed by atoms with Crippen molar-refractivity contribution in [3.8, 4) is 16.9 Å². The molecule has 38 heavy (non-hydrogen) atoms. The van der Waals surface area contributed by atoms with Gasteiger partial charge < -0.3 is 19.9 Å². The van der Waals surface area contributed by atoms with Gasteiger partial charge in [-0.1, -0.05) is 48.0 Å². The number of alkyl carbamates (subject to hydrolysis) is 1. The highest BCUT2D eigenvalue weighted by Crippen LogP contribution is 2.32. The molecule has 0 aliphatic carbocycles. The van der Waals surface area contributed by atoms with E-state index in [9.17, 15) is 14.7 Å². The maximum Gasteiger partial charge on any atom is 0.432 e. The van der Waals surface area contributed by atoms with Crippen LogP contribution in [0.2, 0.25) is 5.15 Å². The minimum atomic E-state index is -1.16. The second-order valence-electron chi connectivity index (χ2n) is 9.86. The maximum atomic E-state index is 12.5. The Morgan fingerprint density at radius 3 is 2.55 bits per heavy atom. The van der Waals surface area contributed by atoms with E-state index in [1.807, 2.05) is 57.2 Å². The van der Waals surface area contributed by atoms with Crippen LogP contribution in [-0.2, 0) is 11.2 Å². The molecule has 2 aromatic carbocycles. The number of carbonyl (C=O) groups is 2. The SMILES string of the molecule is Cc1nn(C(=O)O)c2ccc(-c3cc(OC[C@H](Cc4ccccc4)NC(=O)OC(C)(C)C)cnc3Cl)cc12. The van der Waals surface area contributed by atoms with E-state index < -0.39 is 17.8 Å². The van der Waals surface area contributed by atoms with E-state index in [-0.39, 0.29) is 17.8 Å². The molecule has 0 bridgehead atoms. The van der Waals surface area contributed by atoms with E-state index in [4.69, 9.17) is 21.1 Å². The molecule has 0 aliphatic heterocycles. The van der Waals surface area contributed by atoms with E-state index in [0.717, 1.165) is 15.8 Å². The van der Waals surface area contributed by atoms with Gasteiger partial charge in [-0.25, -0.2) is 14.6 Å². The van der Waals surface area contributed by atoms with Crippen molar-refractivity contribution in [2.24, 2.45) is 0 Å². The third kappa shape index (κ3) is 6.60. The van der Waals surface area contributed by atoms with Gasteiger partial charge in [0.15, 0.2) is 0 Å². The zero-order chi connectivity index (χ0) is 27.4. The molecule has 0 aliphatic rings. The number of carboxylic acid groups (broad SMARTS) is 1. The molecule has 10 heteroatoms. The first-order chi connectivity index (χ1) is 18.0. The molecule has 1 amide bonds. The Balaban J connectivity index is 1.55. The van der Waals surface area contributed by atoms with Crippen molar-refractivity contribution < 1.29 is 24.2 Å². The minimum Gasteiger partial charge on any atom is -0.490 e. The fraction of sp³-hybridized carbons (Fsp3) is 0.286. The summed E-state index contributed by atoms with van der Waals surface area (Å²) in [5.74, 6) is 0.464. The van der Waals surface area contributed by atoms with Crippen LogP contribution in [0.25, 0.3) is 22.0 Å².